The van der Waals surface area contributed by atoms with Gasteiger partial charge in [-0.2, -0.15) is 0 Å². The number of rotatable bonds is 1. The number of nitrogens with two attached hydrogens (primary N) is 1. The van der Waals surface area contributed by atoms with E-state index in [2.05, 4.69) is 15.9 Å². The van der Waals surface area contributed by atoms with E-state index >= 15 is 0 Å². The molecule has 0 saturated carbocycles. The zero-order valence-corrected chi connectivity index (χ0v) is 11.9. The Hall–Kier alpha value is -1.07. The van der Waals surface area contributed by atoms with Crippen molar-refractivity contribution in [3.63, 3.8) is 0 Å². The summed E-state index contributed by atoms with van der Waals surface area (Å²) in [5.74, 6) is -0.0887. The summed E-state index contributed by atoms with van der Waals surface area (Å²) in [6.07, 6.45) is 1.55. The Kier molecular flexibility index (Phi) is 3.64. The Labute approximate surface area is 115 Å². The third-order valence-corrected chi connectivity index (χ3v) is 3.87. The molecule has 98 valence electrons. The smallest absolute Gasteiger partial charge is 0.255 e. The number of likely N-dealkylation sites (tertiary alicyclic amines) is 1. The van der Waals surface area contributed by atoms with Gasteiger partial charge in [-0.25, -0.2) is 0 Å². The number of benzene rings is 1. The van der Waals surface area contributed by atoms with Crippen LogP contribution in [-0.2, 0) is 0 Å². The SMILES string of the molecule is CC1(O)CCCN(C(=O)c2cc(N)ccc2Br)C1. The molecule has 3 N–H and O–H groups in total. The highest BCUT2D eigenvalue weighted by molar-refractivity contribution is 9.10. The van der Waals surface area contributed by atoms with Crippen molar-refractivity contribution in [2.45, 2.75) is 25.4 Å². The van der Waals surface area contributed by atoms with Crippen LogP contribution in [0.2, 0.25) is 0 Å². The fraction of sp³-hybridized carbons (Fsp3) is 0.462. The Balaban J connectivity index is 2.23. The predicted octanol–water partition coefficient (Wildman–Crippen LogP) is 2.02. The van der Waals surface area contributed by atoms with Crippen LogP contribution in [0, 0.1) is 0 Å². The van der Waals surface area contributed by atoms with Crippen molar-refractivity contribution in [1.29, 1.82) is 0 Å². The lowest BCUT2D eigenvalue weighted by Crippen LogP contribution is -2.48. The minimum atomic E-state index is -0.791. The van der Waals surface area contributed by atoms with E-state index in [0.717, 1.165) is 17.3 Å². The van der Waals surface area contributed by atoms with Gasteiger partial charge in [0, 0.05) is 23.2 Å². The number of halogens is 1. The second-order valence-corrected chi connectivity index (χ2v) is 5.92. The standard InChI is InChI=1S/C13H17BrN2O2/c1-13(18)5-2-6-16(8-13)12(17)10-7-9(15)3-4-11(10)14/h3-4,7,18H,2,5-6,8,15H2,1H3. The first kappa shape index (κ1) is 13.4. The fourth-order valence-corrected chi connectivity index (χ4v) is 2.69. The van der Waals surface area contributed by atoms with E-state index in [1.807, 2.05) is 0 Å². The number of carbonyl (C=O) groups is 1. The molecule has 0 aliphatic carbocycles. The van der Waals surface area contributed by atoms with Crippen molar-refractivity contribution in [3.8, 4) is 0 Å². The third-order valence-electron chi connectivity index (χ3n) is 3.18. The van der Waals surface area contributed by atoms with Crippen LogP contribution >= 0.6 is 15.9 Å². The molecule has 18 heavy (non-hydrogen) atoms. The number of β-amino-alcohol motifs (C(OH)–C–C–N with tert-alkyl or cyclic N) is 1. The summed E-state index contributed by atoms with van der Waals surface area (Å²) in [6, 6.07) is 5.17. The molecule has 1 heterocycles. The Morgan fingerprint density at radius 2 is 2.28 bits per heavy atom. The number of hydrogen-bond acceptors (Lipinski definition) is 3. The lowest BCUT2D eigenvalue weighted by molar-refractivity contribution is -0.0107. The molecule has 0 aromatic heterocycles. The van der Waals surface area contributed by atoms with Crippen LogP contribution in [0.15, 0.2) is 22.7 Å². The number of hydrogen-bond donors (Lipinski definition) is 2. The normalized spacial score (nSPS) is 24.1. The number of anilines is 1. The summed E-state index contributed by atoms with van der Waals surface area (Å²) in [5.41, 5.74) is 6.03. The maximum Gasteiger partial charge on any atom is 0.255 e. The van der Waals surface area contributed by atoms with Gasteiger partial charge in [0.2, 0.25) is 0 Å². The molecule has 1 aliphatic heterocycles. The van der Waals surface area contributed by atoms with Gasteiger partial charge in [-0.3, -0.25) is 4.79 Å². The van der Waals surface area contributed by atoms with Crippen molar-refractivity contribution < 1.29 is 9.90 Å². The highest BCUT2D eigenvalue weighted by Gasteiger charge is 2.31. The van der Waals surface area contributed by atoms with Gasteiger partial charge in [0.15, 0.2) is 0 Å². The molecule has 1 atom stereocenters. The summed E-state index contributed by atoms with van der Waals surface area (Å²) < 4.78 is 0.729. The Bertz CT molecular complexity index is 474. The predicted molar refractivity (Wildman–Crippen MR) is 74.3 cm³/mol. The number of amides is 1. The molecule has 0 radical (unpaired) electrons. The average Bonchev–Trinajstić information content (AvgIpc) is 2.30. The fourth-order valence-electron chi connectivity index (χ4n) is 2.27. The monoisotopic (exact) mass is 312 g/mol. The summed E-state index contributed by atoms with van der Waals surface area (Å²) in [6.45, 7) is 2.81. The van der Waals surface area contributed by atoms with Gasteiger partial charge in [0.1, 0.15) is 0 Å². The highest BCUT2D eigenvalue weighted by atomic mass is 79.9. The molecule has 5 heteroatoms. The Morgan fingerprint density at radius 3 is 2.94 bits per heavy atom. The van der Waals surface area contributed by atoms with Gasteiger partial charge in [0.25, 0.3) is 5.91 Å². The second kappa shape index (κ2) is 4.90. The van der Waals surface area contributed by atoms with Crippen molar-refractivity contribution in [2.24, 2.45) is 0 Å². The molecule has 1 aromatic carbocycles. The molecule has 1 aliphatic rings. The van der Waals surface area contributed by atoms with E-state index in [1.165, 1.54) is 0 Å². The van der Waals surface area contributed by atoms with Gasteiger partial charge >= 0.3 is 0 Å². The van der Waals surface area contributed by atoms with Crippen LogP contribution in [0.3, 0.4) is 0 Å². The van der Waals surface area contributed by atoms with Gasteiger partial charge in [-0.15, -0.1) is 0 Å². The van der Waals surface area contributed by atoms with Crippen LogP contribution in [0.25, 0.3) is 0 Å². The first-order chi connectivity index (χ1) is 8.39. The molecule has 1 aromatic rings. The number of piperidine rings is 1. The lowest BCUT2D eigenvalue weighted by atomic mass is 9.94. The summed E-state index contributed by atoms with van der Waals surface area (Å²) in [4.78, 5) is 14.1. The highest BCUT2D eigenvalue weighted by Crippen LogP contribution is 2.25. The average molecular weight is 313 g/mol. The van der Waals surface area contributed by atoms with E-state index in [1.54, 1.807) is 30.0 Å². The van der Waals surface area contributed by atoms with Gasteiger partial charge < -0.3 is 15.7 Å². The van der Waals surface area contributed by atoms with E-state index in [-0.39, 0.29) is 5.91 Å². The van der Waals surface area contributed by atoms with Crippen molar-refractivity contribution >= 4 is 27.5 Å². The quantitative estimate of drug-likeness (QED) is 0.780. The molecular weight excluding hydrogens is 296 g/mol. The first-order valence-corrected chi connectivity index (χ1v) is 6.75. The zero-order valence-electron chi connectivity index (χ0n) is 10.3. The van der Waals surface area contributed by atoms with Crippen LogP contribution in [0.5, 0.6) is 0 Å². The maximum atomic E-state index is 12.4. The van der Waals surface area contributed by atoms with Crippen molar-refractivity contribution in [1.82, 2.24) is 4.90 Å². The molecular formula is C13H17BrN2O2. The number of aliphatic hydroxyl groups is 1. The van der Waals surface area contributed by atoms with Gasteiger partial charge in [-0.05, 0) is 53.9 Å². The number of carbonyl (C=O) groups excluding carboxylic acids is 1. The zero-order chi connectivity index (χ0) is 13.3. The summed E-state index contributed by atoms with van der Waals surface area (Å²) in [7, 11) is 0. The maximum absolute atomic E-state index is 12.4. The minimum absolute atomic E-state index is 0.0887. The first-order valence-electron chi connectivity index (χ1n) is 5.96. The van der Waals surface area contributed by atoms with Crippen LogP contribution in [0.1, 0.15) is 30.1 Å². The van der Waals surface area contributed by atoms with Crippen LogP contribution < -0.4 is 5.73 Å². The second-order valence-electron chi connectivity index (χ2n) is 5.07. The molecule has 0 spiro atoms. The molecule has 1 amide bonds. The van der Waals surface area contributed by atoms with Crippen molar-refractivity contribution in [3.05, 3.63) is 28.2 Å². The Morgan fingerprint density at radius 1 is 1.56 bits per heavy atom. The molecule has 1 fully saturated rings. The molecule has 1 saturated heterocycles. The minimum Gasteiger partial charge on any atom is -0.399 e. The molecule has 4 nitrogen and oxygen atoms in total. The van der Waals surface area contributed by atoms with Crippen LogP contribution in [-0.4, -0.2) is 34.6 Å². The molecule has 1 unspecified atom stereocenters. The lowest BCUT2D eigenvalue weighted by Gasteiger charge is -2.37. The van der Waals surface area contributed by atoms with E-state index in [0.29, 0.717) is 24.3 Å². The van der Waals surface area contributed by atoms with E-state index in [9.17, 15) is 9.90 Å². The third kappa shape index (κ3) is 2.84. The summed E-state index contributed by atoms with van der Waals surface area (Å²) in [5, 5.41) is 10.0. The van der Waals surface area contributed by atoms with E-state index < -0.39 is 5.60 Å². The van der Waals surface area contributed by atoms with Gasteiger partial charge in [0.05, 0.1) is 11.2 Å². The summed E-state index contributed by atoms with van der Waals surface area (Å²) >= 11 is 3.36. The largest absolute Gasteiger partial charge is 0.399 e. The number of nitrogens with zero attached hydrogens (tertiary/aromatic N) is 1. The number of nitrogen functional groups attached to an aromatic ring is 1. The van der Waals surface area contributed by atoms with E-state index in [4.69, 9.17) is 5.73 Å². The van der Waals surface area contributed by atoms with Gasteiger partial charge in [-0.1, -0.05) is 0 Å². The molecule has 0 bridgehead atoms. The topological polar surface area (TPSA) is 66.6 Å². The van der Waals surface area contributed by atoms with Crippen LogP contribution in [0.4, 0.5) is 5.69 Å². The molecule has 2 rings (SSSR count). The van der Waals surface area contributed by atoms with Crippen molar-refractivity contribution in [2.75, 3.05) is 18.8 Å².